The van der Waals surface area contributed by atoms with Crippen molar-refractivity contribution in [3.05, 3.63) is 48.3 Å². The number of carbonyl (C=O) groups is 4. The van der Waals surface area contributed by atoms with Gasteiger partial charge in [-0.3, -0.25) is 19.3 Å². The fourth-order valence-electron chi connectivity index (χ4n) is 2.70. The Morgan fingerprint density at radius 3 is 2.21 bits per heavy atom. The lowest BCUT2D eigenvalue weighted by Gasteiger charge is -2.13. The van der Waals surface area contributed by atoms with E-state index in [1.807, 2.05) is 11.5 Å². The molecule has 2 rings (SSSR count). The van der Waals surface area contributed by atoms with Crippen LogP contribution in [0.3, 0.4) is 0 Å². The minimum Gasteiger partial charge on any atom is -0.345 e. The van der Waals surface area contributed by atoms with Crippen LogP contribution in [-0.4, -0.2) is 51.1 Å². The smallest absolute Gasteiger partial charge is 0.334 e. The molecule has 0 saturated carbocycles. The van der Waals surface area contributed by atoms with Crippen LogP contribution in [0.1, 0.15) is 21.7 Å². The zero-order valence-electron chi connectivity index (χ0n) is 13.7. The lowest BCUT2D eigenvalue weighted by Crippen LogP contribution is -2.37. The Hall–Kier alpha value is -2.96. The predicted molar refractivity (Wildman–Crippen MR) is 87.5 cm³/mol. The average Bonchev–Trinajstić information content (AvgIpc) is 2.93. The van der Waals surface area contributed by atoms with Crippen molar-refractivity contribution in [2.24, 2.45) is 0 Å². The quantitative estimate of drug-likeness (QED) is 0.328. The van der Waals surface area contributed by atoms with E-state index in [0.29, 0.717) is 17.0 Å². The third-order valence-corrected chi connectivity index (χ3v) is 3.93. The van der Waals surface area contributed by atoms with Gasteiger partial charge in [-0.15, -0.1) is 13.2 Å². The Balaban J connectivity index is 2.24. The molecule has 1 aliphatic rings. The van der Waals surface area contributed by atoms with Gasteiger partial charge >= 0.3 is 17.8 Å². The summed E-state index contributed by atoms with van der Waals surface area (Å²) in [5.41, 5.74) is 2.02. The number of hydrogen-bond acceptors (Lipinski definition) is 4. The van der Waals surface area contributed by atoms with Gasteiger partial charge in [0, 0.05) is 30.0 Å². The fourth-order valence-corrected chi connectivity index (χ4v) is 2.70. The van der Waals surface area contributed by atoms with Crippen molar-refractivity contribution in [3.63, 3.8) is 0 Å². The molecule has 4 amide bonds. The van der Waals surface area contributed by atoms with Crippen molar-refractivity contribution < 1.29 is 19.2 Å². The SMILES string of the molecule is C=CCN1C(=O)C(=O)N(CC(=O)c2cc(C)n(CC=C)c2C)C1=O. The summed E-state index contributed by atoms with van der Waals surface area (Å²) in [5.74, 6) is -2.33. The molecule has 2 heterocycles. The summed E-state index contributed by atoms with van der Waals surface area (Å²) in [5, 5.41) is 0. The summed E-state index contributed by atoms with van der Waals surface area (Å²) in [7, 11) is 0. The number of rotatable bonds is 7. The number of allylic oxidation sites excluding steroid dienone is 1. The molecule has 0 N–H and O–H groups in total. The molecular formula is C17H19N3O4. The minimum absolute atomic E-state index is 0.0675. The summed E-state index contributed by atoms with van der Waals surface area (Å²) < 4.78 is 1.91. The molecule has 7 heteroatoms. The largest absolute Gasteiger partial charge is 0.345 e. The van der Waals surface area contributed by atoms with Crippen molar-refractivity contribution in [1.82, 2.24) is 14.4 Å². The zero-order valence-corrected chi connectivity index (χ0v) is 13.7. The lowest BCUT2D eigenvalue weighted by atomic mass is 10.1. The highest BCUT2D eigenvalue weighted by molar-refractivity contribution is 6.45. The molecule has 0 spiro atoms. The average molecular weight is 329 g/mol. The summed E-state index contributed by atoms with van der Waals surface area (Å²) >= 11 is 0. The molecule has 0 radical (unpaired) electrons. The Morgan fingerprint density at radius 2 is 1.62 bits per heavy atom. The highest BCUT2D eigenvalue weighted by Gasteiger charge is 2.44. The van der Waals surface area contributed by atoms with Crippen LogP contribution in [0.4, 0.5) is 4.79 Å². The normalized spacial score (nSPS) is 14.5. The first-order chi connectivity index (χ1) is 11.3. The number of urea groups is 1. The van der Waals surface area contributed by atoms with E-state index in [4.69, 9.17) is 0 Å². The molecule has 1 aliphatic heterocycles. The van der Waals surface area contributed by atoms with Gasteiger partial charge in [0.05, 0.1) is 6.54 Å². The Bertz CT molecular complexity index is 760. The van der Waals surface area contributed by atoms with Gasteiger partial charge in [-0.25, -0.2) is 9.69 Å². The van der Waals surface area contributed by atoms with Gasteiger partial charge in [0.2, 0.25) is 0 Å². The number of aryl methyl sites for hydroxylation is 1. The number of carbonyl (C=O) groups excluding carboxylic acids is 4. The maximum atomic E-state index is 12.5. The van der Waals surface area contributed by atoms with Crippen molar-refractivity contribution >= 4 is 23.6 Å². The number of ketones is 1. The topological polar surface area (TPSA) is 79.7 Å². The second kappa shape index (κ2) is 6.66. The maximum absolute atomic E-state index is 12.5. The number of hydrogen-bond donors (Lipinski definition) is 0. The van der Waals surface area contributed by atoms with E-state index in [0.717, 1.165) is 16.3 Å². The molecule has 126 valence electrons. The monoisotopic (exact) mass is 329 g/mol. The first kappa shape index (κ1) is 17.4. The van der Waals surface area contributed by atoms with Gasteiger partial charge in [-0.1, -0.05) is 12.2 Å². The second-order valence-electron chi connectivity index (χ2n) is 5.49. The van der Waals surface area contributed by atoms with Crippen LogP contribution in [0.15, 0.2) is 31.4 Å². The number of Topliss-reactive ketones (excluding diaryl/α,β-unsaturated/α-hetero) is 1. The molecule has 7 nitrogen and oxygen atoms in total. The molecule has 1 aromatic heterocycles. The zero-order chi connectivity index (χ0) is 18.0. The molecule has 1 saturated heterocycles. The number of imide groups is 2. The second-order valence-corrected chi connectivity index (χ2v) is 5.49. The van der Waals surface area contributed by atoms with E-state index < -0.39 is 30.2 Å². The highest BCUT2D eigenvalue weighted by atomic mass is 16.2. The van der Waals surface area contributed by atoms with Crippen molar-refractivity contribution in [2.75, 3.05) is 13.1 Å². The standard InChI is InChI=1S/C17H19N3O4/c1-5-7-18-11(3)9-13(12(18)4)14(21)10-20-16(23)15(22)19(8-6-2)17(20)24/h5-6,9H,1-2,7-8,10H2,3-4H3. The number of amides is 4. The summed E-state index contributed by atoms with van der Waals surface area (Å²) in [6.07, 6.45) is 3.06. The summed E-state index contributed by atoms with van der Waals surface area (Å²) in [6, 6.07) is 0.911. The summed E-state index contributed by atoms with van der Waals surface area (Å²) in [4.78, 5) is 49.8. The maximum Gasteiger partial charge on any atom is 0.334 e. The number of nitrogens with zero attached hydrogens (tertiary/aromatic N) is 3. The molecule has 0 unspecified atom stereocenters. The van der Waals surface area contributed by atoms with Crippen LogP contribution in [0.2, 0.25) is 0 Å². The molecule has 0 aromatic carbocycles. The van der Waals surface area contributed by atoms with Crippen molar-refractivity contribution in [3.8, 4) is 0 Å². The fraction of sp³-hybridized carbons (Fsp3) is 0.294. The molecule has 1 fully saturated rings. The van der Waals surface area contributed by atoms with Crippen molar-refractivity contribution in [1.29, 1.82) is 0 Å². The van der Waals surface area contributed by atoms with Gasteiger partial charge in [-0.05, 0) is 19.9 Å². The van der Waals surface area contributed by atoms with E-state index >= 15 is 0 Å². The number of aromatic nitrogens is 1. The van der Waals surface area contributed by atoms with Crippen LogP contribution in [0, 0.1) is 13.8 Å². The first-order valence-electron chi connectivity index (χ1n) is 7.42. The third-order valence-electron chi connectivity index (χ3n) is 3.93. The van der Waals surface area contributed by atoms with Crippen LogP contribution < -0.4 is 0 Å². The predicted octanol–water partition coefficient (Wildman–Crippen LogP) is 1.45. The van der Waals surface area contributed by atoms with E-state index in [1.165, 1.54) is 6.08 Å². The van der Waals surface area contributed by atoms with E-state index in [-0.39, 0.29) is 6.54 Å². The van der Waals surface area contributed by atoms with Crippen molar-refractivity contribution in [2.45, 2.75) is 20.4 Å². The lowest BCUT2D eigenvalue weighted by molar-refractivity contribution is -0.142. The van der Waals surface area contributed by atoms with Gasteiger partial charge in [-0.2, -0.15) is 0 Å². The molecule has 1 aromatic rings. The molecule has 0 atom stereocenters. The molecule has 0 bridgehead atoms. The molecule has 0 aliphatic carbocycles. The Labute approximate surface area is 139 Å². The van der Waals surface area contributed by atoms with Crippen LogP contribution in [-0.2, 0) is 16.1 Å². The Morgan fingerprint density at radius 1 is 1.04 bits per heavy atom. The molecule has 24 heavy (non-hydrogen) atoms. The van der Waals surface area contributed by atoms with Gasteiger partial charge in [0.25, 0.3) is 0 Å². The van der Waals surface area contributed by atoms with Gasteiger partial charge in [0.15, 0.2) is 5.78 Å². The first-order valence-corrected chi connectivity index (χ1v) is 7.42. The van der Waals surface area contributed by atoms with Crippen LogP contribution in [0.5, 0.6) is 0 Å². The van der Waals surface area contributed by atoms with E-state index in [1.54, 1.807) is 19.1 Å². The Kier molecular flexibility index (Phi) is 4.82. The van der Waals surface area contributed by atoms with Gasteiger partial charge in [0.1, 0.15) is 0 Å². The summed E-state index contributed by atoms with van der Waals surface area (Å²) in [6.45, 7) is 10.8. The van der Waals surface area contributed by atoms with E-state index in [9.17, 15) is 19.2 Å². The molecular weight excluding hydrogens is 310 g/mol. The minimum atomic E-state index is -0.991. The van der Waals surface area contributed by atoms with E-state index in [2.05, 4.69) is 13.2 Å². The highest BCUT2D eigenvalue weighted by Crippen LogP contribution is 2.18. The third kappa shape index (κ3) is 2.80. The van der Waals surface area contributed by atoms with Crippen LogP contribution >= 0.6 is 0 Å². The van der Waals surface area contributed by atoms with Crippen LogP contribution in [0.25, 0.3) is 0 Å². The van der Waals surface area contributed by atoms with Gasteiger partial charge < -0.3 is 4.57 Å².